The van der Waals surface area contributed by atoms with Gasteiger partial charge in [0.15, 0.2) is 10.8 Å². The van der Waals surface area contributed by atoms with Crippen molar-refractivity contribution >= 4 is 23.7 Å². The van der Waals surface area contributed by atoms with Crippen molar-refractivity contribution in [2.45, 2.75) is 13.8 Å². The molecule has 2 atom stereocenters. The summed E-state index contributed by atoms with van der Waals surface area (Å²) in [6, 6.07) is 0. The smallest absolute Gasteiger partial charge is 0.321 e. The molecule has 0 spiro atoms. The molecule has 86 valence electrons. The average molecular weight is 226 g/mol. The minimum Gasteiger partial charge on any atom is -0.480 e. The molecule has 4 N–H and O–H groups in total. The van der Waals surface area contributed by atoms with Crippen LogP contribution in [-0.4, -0.2) is 28.8 Å². The molecule has 1 aliphatic carbocycles. The van der Waals surface area contributed by atoms with Gasteiger partial charge in [0.25, 0.3) is 0 Å². The Bertz CT molecular complexity index is 429. The van der Waals surface area contributed by atoms with E-state index in [-0.39, 0.29) is 0 Å². The number of carbonyl (C=O) groups excluding carboxylic acids is 3. The summed E-state index contributed by atoms with van der Waals surface area (Å²) in [6.07, 6.45) is 0. The zero-order valence-corrected chi connectivity index (χ0v) is 8.66. The van der Waals surface area contributed by atoms with Crippen molar-refractivity contribution in [3.63, 3.8) is 0 Å². The molecule has 0 unspecified atom stereocenters. The van der Waals surface area contributed by atoms with Crippen molar-refractivity contribution in [1.82, 2.24) is 5.32 Å². The number of carbonyl (C=O) groups is 4. The molecule has 16 heavy (non-hydrogen) atoms. The van der Waals surface area contributed by atoms with Gasteiger partial charge in [-0.15, -0.1) is 0 Å². The number of imide groups is 1. The molecule has 2 rings (SSSR count). The molecule has 0 radical (unpaired) electrons. The number of amides is 3. The Morgan fingerprint density at radius 3 is 1.88 bits per heavy atom. The molecule has 2 aliphatic rings. The first-order chi connectivity index (χ1) is 7.19. The highest BCUT2D eigenvalue weighted by molar-refractivity contribution is 6.33. The largest absolute Gasteiger partial charge is 0.480 e. The molecule has 1 heterocycles. The Balaban J connectivity index is 2.77. The Hall–Kier alpha value is -1.92. The van der Waals surface area contributed by atoms with Crippen LogP contribution < -0.4 is 11.1 Å². The van der Waals surface area contributed by atoms with Crippen LogP contribution in [0.25, 0.3) is 0 Å². The maximum absolute atomic E-state index is 11.6. The summed E-state index contributed by atoms with van der Waals surface area (Å²) < 4.78 is 0. The van der Waals surface area contributed by atoms with Gasteiger partial charge >= 0.3 is 5.97 Å². The van der Waals surface area contributed by atoms with E-state index in [2.05, 4.69) is 0 Å². The van der Waals surface area contributed by atoms with Gasteiger partial charge in [0.2, 0.25) is 17.7 Å². The second kappa shape index (κ2) is 2.26. The molecule has 7 heteroatoms. The Morgan fingerprint density at radius 1 is 1.19 bits per heavy atom. The molecule has 0 aromatic carbocycles. The first-order valence-corrected chi connectivity index (χ1v) is 4.58. The molecular weight excluding hydrogens is 216 g/mol. The lowest BCUT2D eigenvalue weighted by Crippen LogP contribution is -2.41. The summed E-state index contributed by atoms with van der Waals surface area (Å²) in [5.74, 6) is -4.46. The van der Waals surface area contributed by atoms with Crippen LogP contribution in [0.2, 0.25) is 0 Å². The highest BCUT2D eigenvalue weighted by Gasteiger charge is 2.99. The van der Waals surface area contributed by atoms with E-state index in [1.54, 1.807) is 0 Å². The number of primary amides is 1. The number of fused-ring (bicyclic) bond motifs is 1. The number of carboxylic acids is 1. The Kier molecular flexibility index (Phi) is 1.49. The summed E-state index contributed by atoms with van der Waals surface area (Å²) in [6.45, 7) is 2.76. The van der Waals surface area contributed by atoms with E-state index >= 15 is 0 Å². The van der Waals surface area contributed by atoms with Crippen molar-refractivity contribution in [3.05, 3.63) is 0 Å². The highest BCUT2D eigenvalue weighted by atomic mass is 16.4. The molecule has 0 aromatic heterocycles. The van der Waals surface area contributed by atoms with E-state index in [1.807, 2.05) is 5.32 Å². The number of nitrogens with one attached hydrogen (secondary N) is 1. The minimum absolute atomic E-state index is 0.919. The van der Waals surface area contributed by atoms with Gasteiger partial charge in [-0.05, 0) is 0 Å². The van der Waals surface area contributed by atoms with E-state index in [0.29, 0.717) is 0 Å². The maximum atomic E-state index is 11.6. The van der Waals surface area contributed by atoms with Crippen LogP contribution in [0.1, 0.15) is 13.8 Å². The van der Waals surface area contributed by atoms with Gasteiger partial charge in [0, 0.05) is 5.41 Å². The average Bonchev–Trinajstić information content (AvgIpc) is 2.44. The van der Waals surface area contributed by atoms with Crippen LogP contribution in [0.3, 0.4) is 0 Å². The monoisotopic (exact) mass is 226 g/mol. The number of rotatable bonds is 2. The molecule has 0 aromatic rings. The zero-order valence-electron chi connectivity index (χ0n) is 8.66. The van der Waals surface area contributed by atoms with Crippen LogP contribution in [0, 0.1) is 16.2 Å². The second-order valence-electron chi connectivity index (χ2n) is 4.58. The summed E-state index contributed by atoms with van der Waals surface area (Å²) in [5.41, 5.74) is -0.193. The number of nitrogens with two attached hydrogens (primary N) is 1. The number of hydrogen-bond acceptors (Lipinski definition) is 4. The van der Waals surface area contributed by atoms with E-state index in [0.717, 1.165) is 0 Å². The third kappa shape index (κ3) is 0.568. The molecule has 1 aliphatic heterocycles. The van der Waals surface area contributed by atoms with Crippen LogP contribution in [0.15, 0.2) is 0 Å². The number of aliphatic carboxylic acids is 1. The predicted octanol–water partition coefficient (Wildman–Crippen LogP) is -1.77. The van der Waals surface area contributed by atoms with E-state index < -0.39 is 39.9 Å². The van der Waals surface area contributed by atoms with E-state index in [1.165, 1.54) is 13.8 Å². The highest BCUT2D eigenvalue weighted by Crippen LogP contribution is 2.80. The first kappa shape index (κ1) is 10.6. The molecule has 7 nitrogen and oxygen atoms in total. The Labute approximate surface area is 90.0 Å². The van der Waals surface area contributed by atoms with Crippen molar-refractivity contribution < 1.29 is 24.3 Å². The third-order valence-electron chi connectivity index (χ3n) is 3.97. The molecular formula is C9H10N2O5. The number of carboxylic acid groups (broad SMARTS) is 1. The van der Waals surface area contributed by atoms with Gasteiger partial charge in [-0.25, -0.2) is 0 Å². The van der Waals surface area contributed by atoms with Gasteiger partial charge in [0.05, 0.1) is 0 Å². The SMILES string of the molecule is CC1(C)[C@]2(C(N)=O)C(=O)NC(=O)[C@@]12C(=O)O. The molecule has 0 bridgehead atoms. The van der Waals surface area contributed by atoms with Crippen LogP contribution in [0.5, 0.6) is 0 Å². The van der Waals surface area contributed by atoms with Gasteiger partial charge in [-0.2, -0.15) is 0 Å². The lowest BCUT2D eigenvalue weighted by molar-refractivity contribution is -0.151. The van der Waals surface area contributed by atoms with Crippen LogP contribution in [-0.2, 0) is 19.2 Å². The van der Waals surface area contributed by atoms with Gasteiger partial charge in [0.1, 0.15) is 0 Å². The fourth-order valence-corrected chi connectivity index (χ4v) is 3.20. The van der Waals surface area contributed by atoms with E-state index in [4.69, 9.17) is 10.8 Å². The molecule has 1 saturated heterocycles. The predicted molar refractivity (Wildman–Crippen MR) is 48.6 cm³/mol. The summed E-state index contributed by atoms with van der Waals surface area (Å²) in [4.78, 5) is 45.8. The maximum Gasteiger partial charge on any atom is 0.321 e. The minimum atomic E-state index is -2.05. The summed E-state index contributed by atoms with van der Waals surface area (Å²) in [5, 5.41) is 11.0. The van der Waals surface area contributed by atoms with Gasteiger partial charge in [-0.3, -0.25) is 24.5 Å². The normalized spacial score (nSPS) is 38.9. The molecule has 2 fully saturated rings. The standard InChI is InChI=1S/C9H10N2O5/c1-7(2)8(3(10)12)4(13)11-5(14)9(7,8)6(15)16/h1-2H3,(H2,10,12)(H,15,16)(H,11,13,14)/t8-,9+/m0/s1. The summed E-state index contributed by atoms with van der Waals surface area (Å²) >= 11 is 0. The lowest BCUT2D eigenvalue weighted by atomic mass is 9.94. The first-order valence-electron chi connectivity index (χ1n) is 4.58. The van der Waals surface area contributed by atoms with Gasteiger partial charge < -0.3 is 10.8 Å². The van der Waals surface area contributed by atoms with Crippen LogP contribution in [0.4, 0.5) is 0 Å². The molecule has 1 saturated carbocycles. The third-order valence-corrected chi connectivity index (χ3v) is 3.97. The zero-order chi connectivity index (χ0) is 12.5. The van der Waals surface area contributed by atoms with Crippen molar-refractivity contribution in [1.29, 1.82) is 0 Å². The van der Waals surface area contributed by atoms with E-state index in [9.17, 15) is 19.2 Å². The quantitative estimate of drug-likeness (QED) is 0.379. The fourth-order valence-electron chi connectivity index (χ4n) is 3.20. The van der Waals surface area contributed by atoms with Crippen molar-refractivity contribution in [2.24, 2.45) is 22.0 Å². The number of piperidine rings is 1. The van der Waals surface area contributed by atoms with Crippen LogP contribution >= 0.6 is 0 Å². The van der Waals surface area contributed by atoms with Crippen molar-refractivity contribution in [3.8, 4) is 0 Å². The fraction of sp³-hybridized carbons (Fsp3) is 0.556. The van der Waals surface area contributed by atoms with Crippen molar-refractivity contribution in [2.75, 3.05) is 0 Å². The molecule has 3 amide bonds. The summed E-state index contributed by atoms with van der Waals surface area (Å²) in [7, 11) is 0. The lowest BCUT2D eigenvalue weighted by Gasteiger charge is -2.13. The van der Waals surface area contributed by atoms with Gasteiger partial charge in [-0.1, -0.05) is 13.8 Å². The topological polar surface area (TPSA) is 127 Å². The number of hydrogen-bond donors (Lipinski definition) is 3. The second-order valence-corrected chi connectivity index (χ2v) is 4.58. The Morgan fingerprint density at radius 2 is 1.62 bits per heavy atom.